The summed E-state index contributed by atoms with van der Waals surface area (Å²) < 4.78 is 15.8. The van der Waals surface area contributed by atoms with Gasteiger partial charge in [-0.3, -0.25) is 0 Å². The Hall–Kier alpha value is -0.240. The van der Waals surface area contributed by atoms with Gasteiger partial charge in [0.15, 0.2) is 6.29 Å². The molecule has 0 radical (unpaired) electrons. The van der Waals surface area contributed by atoms with Crippen LogP contribution < -0.4 is 5.32 Å². The summed E-state index contributed by atoms with van der Waals surface area (Å²) in [5.41, 5.74) is 0. The van der Waals surface area contributed by atoms with Crippen molar-refractivity contribution in [2.24, 2.45) is 0 Å². The minimum atomic E-state index is -0.903. The van der Waals surface area contributed by atoms with Crippen molar-refractivity contribution in [3.63, 3.8) is 0 Å². The Kier molecular flexibility index (Phi) is 5.60. The van der Waals surface area contributed by atoms with E-state index in [4.69, 9.17) is 14.2 Å². The lowest BCUT2D eigenvalue weighted by atomic mass is 9.98. The second-order valence-corrected chi connectivity index (χ2v) is 3.87. The maximum Gasteiger partial charge on any atom is 0.175 e. The highest BCUT2D eigenvalue weighted by Gasteiger charge is 2.42. The third-order valence-corrected chi connectivity index (χ3v) is 2.74. The Balaban J connectivity index is 2.53. The summed E-state index contributed by atoms with van der Waals surface area (Å²) in [4.78, 5) is 0. The lowest BCUT2D eigenvalue weighted by Crippen LogP contribution is -2.62. The van der Waals surface area contributed by atoms with Crippen LogP contribution in [0.15, 0.2) is 0 Å². The van der Waals surface area contributed by atoms with Gasteiger partial charge in [-0.1, -0.05) is 0 Å². The van der Waals surface area contributed by atoms with Crippen LogP contribution in [-0.2, 0) is 14.2 Å². The van der Waals surface area contributed by atoms with Crippen LogP contribution in [0.25, 0.3) is 0 Å². The number of aliphatic hydroxyl groups is 2. The van der Waals surface area contributed by atoms with E-state index >= 15 is 0 Å². The summed E-state index contributed by atoms with van der Waals surface area (Å²) in [6, 6.07) is -0.442. The molecule has 1 aliphatic heterocycles. The van der Waals surface area contributed by atoms with Crippen LogP contribution >= 0.6 is 0 Å². The van der Waals surface area contributed by atoms with E-state index in [1.807, 2.05) is 0 Å². The number of likely N-dealkylation sites (N-methyl/N-ethyl adjacent to an activating group) is 1. The molecule has 6 nitrogen and oxygen atoms in total. The molecule has 0 spiro atoms. The van der Waals surface area contributed by atoms with Crippen LogP contribution in [0.5, 0.6) is 0 Å². The van der Waals surface area contributed by atoms with Gasteiger partial charge in [-0.15, -0.1) is 0 Å². The fraction of sp³-hybridized carbons (Fsp3) is 1.00. The number of nitrogens with one attached hydrogen (secondary N) is 1. The second-order valence-electron chi connectivity index (χ2n) is 3.87. The summed E-state index contributed by atoms with van der Waals surface area (Å²) in [6.07, 6.45) is -2.83. The fourth-order valence-electron chi connectivity index (χ4n) is 1.73. The molecule has 0 aromatic heterocycles. The summed E-state index contributed by atoms with van der Waals surface area (Å²) >= 11 is 0. The number of hydrogen-bond acceptors (Lipinski definition) is 6. The van der Waals surface area contributed by atoms with Gasteiger partial charge in [-0.2, -0.15) is 0 Å². The first-order chi connectivity index (χ1) is 7.61. The van der Waals surface area contributed by atoms with Crippen molar-refractivity contribution in [3.05, 3.63) is 0 Å². The van der Waals surface area contributed by atoms with Crippen molar-refractivity contribution in [2.75, 3.05) is 27.4 Å². The zero-order chi connectivity index (χ0) is 12.1. The van der Waals surface area contributed by atoms with E-state index in [0.717, 1.165) is 0 Å². The van der Waals surface area contributed by atoms with Gasteiger partial charge in [0.2, 0.25) is 0 Å². The molecule has 16 heavy (non-hydrogen) atoms. The van der Waals surface area contributed by atoms with Gasteiger partial charge in [0.1, 0.15) is 12.2 Å². The molecule has 1 heterocycles. The van der Waals surface area contributed by atoms with Gasteiger partial charge in [-0.05, 0) is 14.0 Å². The quantitative estimate of drug-likeness (QED) is 0.514. The first kappa shape index (κ1) is 13.8. The van der Waals surface area contributed by atoms with E-state index in [0.29, 0.717) is 13.2 Å². The molecule has 1 rings (SSSR count). The second kappa shape index (κ2) is 6.48. The average molecular weight is 235 g/mol. The molecule has 5 atom stereocenters. The number of hydrogen-bond donors (Lipinski definition) is 3. The molecule has 0 bridgehead atoms. The van der Waals surface area contributed by atoms with Gasteiger partial charge in [0.25, 0.3) is 0 Å². The minimum absolute atomic E-state index is 0.384. The molecule has 0 saturated carbocycles. The highest BCUT2D eigenvalue weighted by molar-refractivity contribution is 4.91. The van der Waals surface area contributed by atoms with Crippen LogP contribution in [-0.4, -0.2) is 68.2 Å². The predicted molar refractivity (Wildman–Crippen MR) is 57.0 cm³/mol. The van der Waals surface area contributed by atoms with Gasteiger partial charge >= 0.3 is 0 Å². The van der Waals surface area contributed by atoms with E-state index in [2.05, 4.69) is 5.32 Å². The van der Waals surface area contributed by atoms with E-state index in [1.54, 1.807) is 21.1 Å². The Bertz CT molecular complexity index is 204. The molecule has 0 aromatic rings. The molecule has 0 unspecified atom stereocenters. The zero-order valence-electron chi connectivity index (χ0n) is 9.92. The topological polar surface area (TPSA) is 80.2 Å². The molecule has 96 valence electrons. The third-order valence-electron chi connectivity index (χ3n) is 2.74. The molecular formula is C10H21NO5. The monoisotopic (exact) mass is 235 g/mol. The number of methoxy groups -OCH3 is 1. The third kappa shape index (κ3) is 3.13. The number of ether oxygens (including phenoxy) is 3. The molecular weight excluding hydrogens is 214 g/mol. The van der Waals surface area contributed by atoms with E-state index in [-0.39, 0.29) is 0 Å². The van der Waals surface area contributed by atoms with Crippen molar-refractivity contribution in [1.82, 2.24) is 5.32 Å². The van der Waals surface area contributed by atoms with Crippen molar-refractivity contribution < 1.29 is 24.4 Å². The van der Waals surface area contributed by atoms with Gasteiger partial charge in [0.05, 0.1) is 25.4 Å². The molecule has 0 aliphatic carbocycles. The smallest absolute Gasteiger partial charge is 0.175 e. The van der Waals surface area contributed by atoms with Crippen LogP contribution in [0.2, 0.25) is 0 Å². The van der Waals surface area contributed by atoms with E-state index < -0.39 is 30.6 Å². The lowest BCUT2D eigenvalue weighted by molar-refractivity contribution is -0.261. The number of aliphatic hydroxyl groups excluding tert-OH is 2. The molecule has 3 N–H and O–H groups in total. The fourth-order valence-corrected chi connectivity index (χ4v) is 1.73. The van der Waals surface area contributed by atoms with Gasteiger partial charge < -0.3 is 29.7 Å². The molecule has 0 amide bonds. The molecule has 1 aliphatic rings. The average Bonchev–Trinajstić information content (AvgIpc) is 2.27. The molecule has 6 heteroatoms. The van der Waals surface area contributed by atoms with E-state index in [1.165, 1.54) is 0 Å². The summed E-state index contributed by atoms with van der Waals surface area (Å²) in [6.45, 7) is 2.55. The summed E-state index contributed by atoms with van der Waals surface area (Å²) in [5.74, 6) is 0. The van der Waals surface area contributed by atoms with Crippen LogP contribution in [0.4, 0.5) is 0 Å². The normalized spacial score (nSPS) is 39.9. The first-order valence-corrected chi connectivity index (χ1v) is 5.41. The zero-order valence-corrected chi connectivity index (χ0v) is 9.92. The van der Waals surface area contributed by atoms with E-state index in [9.17, 15) is 10.2 Å². The predicted octanol–water partition coefficient (Wildman–Crippen LogP) is -1.30. The Morgan fingerprint density at radius 2 is 1.94 bits per heavy atom. The molecule has 1 saturated heterocycles. The van der Waals surface area contributed by atoms with Crippen LogP contribution in [0.3, 0.4) is 0 Å². The lowest BCUT2D eigenvalue weighted by Gasteiger charge is -2.41. The Labute approximate surface area is 95.5 Å². The largest absolute Gasteiger partial charge is 0.388 e. The van der Waals surface area contributed by atoms with Crippen molar-refractivity contribution in [1.29, 1.82) is 0 Å². The highest BCUT2D eigenvalue weighted by Crippen LogP contribution is 2.21. The summed E-state index contributed by atoms with van der Waals surface area (Å²) in [5, 5.41) is 22.4. The van der Waals surface area contributed by atoms with Crippen LogP contribution in [0.1, 0.15) is 6.92 Å². The highest BCUT2D eigenvalue weighted by atomic mass is 16.7. The Morgan fingerprint density at radius 3 is 2.50 bits per heavy atom. The summed E-state index contributed by atoms with van der Waals surface area (Å²) in [7, 11) is 3.27. The standard InChI is InChI=1S/C10H21NO5/c1-6-8(12)9(13)7(11-2)10(16-6)15-5-4-14-3/h6-13H,4-5H2,1-3H3/t6-,7-,8+,9-,10-/m1/s1. The van der Waals surface area contributed by atoms with Gasteiger partial charge in [-0.25, -0.2) is 0 Å². The SMILES string of the molecule is CN[C@H]1[C@H](OCCOC)O[C@H](C)[C@H](O)[C@@H]1O. The van der Waals surface area contributed by atoms with Crippen molar-refractivity contribution >= 4 is 0 Å². The van der Waals surface area contributed by atoms with Crippen LogP contribution in [0, 0.1) is 0 Å². The first-order valence-electron chi connectivity index (χ1n) is 5.41. The number of rotatable bonds is 5. The maximum atomic E-state index is 9.83. The van der Waals surface area contributed by atoms with Gasteiger partial charge in [0, 0.05) is 7.11 Å². The molecule has 1 fully saturated rings. The Morgan fingerprint density at radius 1 is 1.25 bits per heavy atom. The minimum Gasteiger partial charge on any atom is -0.388 e. The maximum absolute atomic E-state index is 9.83. The molecule has 0 aromatic carbocycles. The van der Waals surface area contributed by atoms with Crippen molar-refractivity contribution in [3.8, 4) is 0 Å². The van der Waals surface area contributed by atoms with Crippen molar-refractivity contribution in [2.45, 2.75) is 37.6 Å².